The van der Waals surface area contributed by atoms with E-state index in [1.807, 2.05) is 0 Å². The molecule has 0 saturated heterocycles. The average molecular weight is 194 g/mol. The van der Waals surface area contributed by atoms with Crippen LogP contribution in [0.2, 0.25) is 5.02 Å². The van der Waals surface area contributed by atoms with Gasteiger partial charge < -0.3 is 10.8 Å². The molecule has 1 rings (SSSR count). The van der Waals surface area contributed by atoms with E-state index in [0.29, 0.717) is 17.1 Å². The lowest BCUT2D eigenvalue weighted by Gasteiger charge is -1.99. The standard InChI is InChI=1S/C7H8ClNO.ClH/c8-6-2-1-5(4-9)7(10)3-6;/h1-3,10H,4,9H2;1H. The largest absolute Gasteiger partial charge is 0.508 e. The van der Waals surface area contributed by atoms with Gasteiger partial charge in [0.2, 0.25) is 0 Å². The molecule has 0 atom stereocenters. The molecule has 3 N–H and O–H groups in total. The summed E-state index contributed by atoms with van der Waals surface area (Å²) in [6.45, 7) is 0.336. The van der Waals surface area contributed by atoms with Crippen molar-refractivity contribution in [1.29, 1.82) is 0 Å². The maximum atomic E-state index is 9.13. The van der Waals surface area contributed by atoms with Crippen molar-refractivity contribution >= 4 is 24.0 Å². The molecule has 0 unspecified atom stereocenters. The first-order valence-corrected chi connectivity index (χ1v) is 3.29. The minimum atomic E-state index is 0. The third-order valence-corrected chi connectivity index (χ3v) is 1.50. The van der Waals surface area contributed by atoms with Crippen molar-refractivity contribution in [3.05, 3.63) is 28.8 Å². The summed E-state index contributed by atoms with van der Waals surface area (Å²) in [6, 6.07) is 4.88. The van der Waals surface area contributed by atoms with Gasteiger partial charge >= 0.3 is 0 Å². The lowest BCUT2D eigenvalue weighted by molar-refractivity contribution is 0.468. The Morgan fingerprint density at radius 1 is 1.45 bits per heavy atom. The Labute approximate surface area is 76.4 Å². The van der Waals surface area contributed by atoms with Crippen LogP contribution in [0.4, 0.5) is 0 Å². The minimum absolute atomic E-state index is 0. The van der Waals surface area contributed by atoms with Crippen molar-refractivity contribution in [3.63, 3.8) is 0 Å². The summed E-state index contributed by atoms with van der Waals surface area (Å²) in [6.07, 6.45) is 0. The van der Waals surface area contributed by atoms with Crippen molar-refractivity contribution in [2.75, 3.05) is 0 Å². The smallest absolute Gasteiger partial charge is 0.121 e. The van der Waals surface area contributed by atoms with Gasteiger partial charge in [0.15, 0.2) is 0 Å². The number of aromatic hydroxyl groups is 1. The van der Waals surface area contributed by atoms with Crippen LogP contribution in [0.25, 0.3) is 0 Å². The number of benzene rings is 1. The van der Waals surface area contributed by atoms with Crippen LogP contribution in [-0.2, 0) is 6.54 Å². The topological polar surface area (TPSA) is 46.2 Å². The average Bonchev–Trinajstić information content (AvgIpc) is 1.88. The minimum Gasteiger partial charge on any atom is -0.508 e. The second-order valence-electron chi connectivity index (χ2n) is 1.98. The highest BCUT2D eigenvalue weighted by Crippen LogP contribution is 2.20. The van der Waals surface area contributed by atoms with E-state index in [9.17, 15) is 0 Å². The van der Waals surface area contributed by atoms with E-state index < -0.39 is 0 Å². The lowest BCUT2D eigenvalue weighted by atomic mass is 10.2. The Morgan fingerprint density at radius 3 is 2.55 bits per heavy atom. The fourth-order valence-corrected chi connectivity index (χ4v) is 0.876. The van der Waals surface area contributed by atoms with Crippen molar-refractivity contribution in [1.82, 2.24) is 0 Å². The molecular weight excluding hydrogens is 185 g/mol. The van der Waals surface area contributed by atoms with E-state index >= 15 is 0 Å². The van der Waals surface area contributed by atoms with E-state index in [-0.39, 0.29) is 18.2 Å². The van der Waals surface area contributed by atoms with Crippen LogP contribution in [0.1, 0.15) is 5.56 Å². The Hall–Kier alpha value is -0.440. The van der Waals surface area contributed by atoms with Gasteiger partial charge in [0.05, 0.1) is 0 Å². The number of nitrogens with two attached hydrogens (primary N) is 1. The number of rotatable bonds is 1. The van der Waals surface area contributed by atoms with Crippen LogP contribution >= 0.6 is 24.0 Å². The van der Waals surface area contributed by atoms with Crippen LogP contribution in [0.5, 0.6) is 5.75 Å². The van der Waals surface area contributed by atoms with Gasteiger partial charge in [-0.2, -0.15) is 0 Å². The Kier molecular flexibility index (Phi) is 4.26. The van der Waals surface area contributed by atoms with E-state index in [0.717, 1.165) is 0 Å². The fourth-order valence-electron chi connectivity index (χ4n) is 0.710. The van der Waals surface area contributed by atoms with Gasteiger partial charge in [-0.3, -0.25) is 0 Å². The molecule has 0 aliphatic heterocycles. The van der Waals surface area contributed by atoms with Crippen molar-refractivity contribution < 1.29 is 5.11 Å². The maximum absolute atomic E-state index is 9.13. The van der Waals surface area contributed by atoms with Gasteiger partial charge in [-0.1, -0.05) is 17.7 Å². The summed E-state index contributed by atoms with van der Waals surface area (Å²) in [5.41, 5.74) is 6.01. The zero-order valence-corrected chi connectivity index (χ0v) is 7.32. The first-order chi connectivity index (χ1) is 4.74. The molecule has 0 saturated carbocycles. The molecule has 2 nitrogen and oxygen atoms in total. The second-order valence-corrected chi connectivity index (χ2v) is 2.41. The zero-order chi connectivity index (χ0) is 7.56. The van der Waals surface area contributed by atoms with Crippen LogP contribution in [0, 0.1) is 0 Å². The van der Waals surface area contributed by atoms with Crippen LogP contribution in [0.15, 0.2) is 18.2 Å². The molecule has 11 heavy (non-hydrogen) atoms. The number of hydrogen-bond acceptors (Lipinski definition) is 2. The summed E-state index contributed by atoms with van der Waals surface area (Å²) in [4.78, 5) is 0. The van der Waals surface area contributed by atoms with Gasteiger partial charge in [0, 0.05) is 17.1 Å². The number of hydrogen-bond donors (Lipinski definition) is 2. The van der Waals surface area contributed by atoms with Crippen LogP contribution in [0.3, 0.4) is 0 Å². The molecule has 62 valence electrons. The Balaban J connectivity index is 0.000001000. The SMILES string of the molecule is Cl.NCc1ccc(Cl)cc1O. The molecule has 0 fully saturated rings. The molecule has 0 spiro atoms. The molecule has 1 aromatic carbocycles. The number of halogens is 2. The predicted octanol–water partition coefficient (Wildman–Crippen LogP) is 1.93. The quantitative estimate of drug-likeness (QED) is 0.717. The summed E-state index contributed by atoms with van der Waals surface area (Å²) in [7, 11) is 0. The van der Waals surface area contributed by atoms with Gasteiger partial charge in [-0.15, -0.1) is 12.4 Å². The summed E-state index contributed by atoms with van der Waals surface area (Å²) >= 11 is 5.57. The molecule has 0 heterocycles. The molecule has 0 amide bonds. The molecule has 0 bridgehead atoms. The normalized spacial score (nSPS) is 8.91. The molecule has 1 aromatic rings. The lowest BCUT2D eigenvalue weighted by Crippen LogP contribution is -1.95. The number of phenols is 1. The summed E-state index contributed by atoms with van der Waals surface area (Å²) in [5, 5.41) is 9.65. The first kappa shape index (κ1) is 10.6. The maximum Gasteiger partial charge on any atom is 0.121 e. The van der Waals surface area contributed by atoms with E-state index in [4.69, 9.17) is 22.4 Å². The molecule has 0 aliphatic carbocycles. The highest BCUT2D eigenvalue weighted by molar-refractivity contribution is 6.30. The highest BCUT2D eigenvalue weighted by atomic mass is 35.5. The summed E-state index contributed by atoms with van der Waals surface area (Å²) in [5.74, 6) is 0.162. The molecule has 0 aromatic heterocycles. The van der Waals surface area contributed by atoms with Crippen molar-refractivity contribution in [2.45, 2.75) is 6.54 Å². The third kappa shape index (κ3) is 2.58. The molecule has 4 heteroatoms. The monoisotopic (exact) mass is 193 g/mol. The van der Waals surface area contributed by atoms with Gasteiger partial charge in [-0.25, -0.2) is 0 Å². The van der Waals surface area contributed by atoms with Crippen molar-refractivity contribution in [3.8, 4) is 5.75 Å². The van der Waals surface area contributed by atoms with Crippen LogP contribution in [-0.4, -0.2) is 5.11 Å². The Bertz CT molecular complexity index is 240. The van der Waals surface area contributed by atoms with Crippen molar-refractivity contribution in [2.24, 2.45) is 5.73 Å². The van der Waals surface area contributed by atoms with Gasteiger partial charge in [-0.05, 0) is 12.1 Å². The Morgan fingerprint density at radius 2 is 2.09 bits per heavy atom. The number of phenolic OH excluding ortho intramolecular Hbond substituents is 1. The van der Waals surface area contributed by atoms with Gasteiger partial charge in [0.1, 0.15) is 5.75 Å². The highest BCUT2D eigenvalue weighted by Gasteiger charge is 1.97. The van der Waals surface area contributed by atoms with E-state index in [1.54, 1.807) is 12.1 Å². The van der Waals surface area contributed by atoms with E-state index in [2.05, 4.69) is 0 Å². The summed E-state index contributed by atoms with van der Waals surface area (Å²) < 4.78 is 0. The second kappa shape index (κ2) is 4.44. The van der Waals surface area contributed by atoms with E-state index in [1.165, 1.54) is 6.07 Å². The predicted molar refractivity (Wildman–Crippen MR) is 48.3 cm³/mol. The van der Waals surface area contributed by atoms with Crippen LogP contribution < -0.4 is 5.73 Å². The zero-order valence-electron chi connectivity index (χ0n) is 5.75. The third-order valence-electron chi connectivity index (χ3n) is 1.27. The molecule has 0 radical (unpaired) electrons. The molecule has 0 aliphatic rings. The first-order valence-electron chi connectivity index (χ1n) is 2.91. The molecular formula is C7H9Cl2NO. The van der Waals surface area contributed by atoms with Gasteiger partial charge in [0.25, 0.3) is 0 Å². The fraction of sp³-hybridized carbons (Fsp3) is 0.143.